The number of amides is 1. The minimum Gasteiger partial charge on any atom is -0.466 e. The number of carbonyl (C=O) groups excluding carboxylic acids is 3. The number of nitrogens with one attached hydrogen (secondary N) is 1. The number of Topliss-reactive ketones (excluding diaryl/α,β-unsaturated/α-hetero) is 1. The number of carbonyl (C=O) groups is 3. The Morgan fingerprint density at radius 2 is 2.00 bits per heavy atom. The molecule has 0 aromatic heterocycles. The van der Waals surface area contributed by atoms with Crippen molar-refractivity contribution in [3.63, 3.8) is 0 Å². The zero-order valence-corrected chi connectivity index (χ0v) is 14.4. The molecule has 1 amide bonds. The second kappa shape index (κ2) is 14.8. The van der Waals surface area contributed by atoms with E-state index in [0.29, 0.717) is 32.2 Å². The van der Waals surface area contributed by atoms with Crippen molar-refractivity contribution in [1.29, 1.82) is 0 Å². The molecular formula is C16H24N4O5. The van der Waals surface area contributed by atoms with Crippen LogP contribution < -0.4 is 5.32 Å². The number of unbranched alkanes of at least 4 members (excludes halogenated alkanes) is 2. The van der Waals surface area contributed by atoms with Gasteiger partial charge in [0.05, 0.1) is 12.6 Å². The highest BCUT2D eigenvalue weighted by atomic mass is 16.5. The number of ketones is 1. The molecule has 0 aliphatic heterocycles. The van der Waals surface area contributed by atoms with Crippen LogP contribution in [0.4, 0.5) is 4.79 Å². The minimum atomic E-state index is -0.720. The van der Waals surface area contributed by atoms with Crippen molar-refractivity contribution in [1.82, 2.24) is 5.32 Å². The molecule has 0 fully saturated rings. The van der Waals surface area contributed by atoms with E-state index in [2.05, 4.69) is 26.0 Å². The average Bonchev–Trinajstić information content (AvgIpc) is 2.58. The Kier molecular flexibility index (Phi) is 13.2. The van der Waals surface area contributed by atoms with Gasteiger partial charge in [0.2, 0.25) is 0 Å². The Morgan fingerprint density at radius 1 is 1.24 bits per heavy atom. The number of azide groups is 1. The van der Waals surface area contributed by atoms with Crippen molar-refractivity contribution in [2.24, 2.45) is 5.11 Å². The lowest BCUT2D eigenvalue weighted by Gasteiger charge is -2.15. The Bertz CT molecular complexity index is 523. The molecule has 25 heavy (non-hydrogen) atoms. The average molecular weight is 352 g/mol. The maximum atomic E-state index is 11.5. The van der Waals surface area contributed by atoms with Crippen molar-refractivity contribution in [2.75, 3.05) is 19.8 Å². The van der Waals surface area contributed by atoms with Crippen LogP contribution in [0.5, 0.6) is 0 Å². The van der Waals surface area contributed by atoms with Crippen molar-refractivity contribution >= 4 is 17.8 Å². The number of terminal acetylenes is 1. The fourth-order valence-electron chi connectivity index (χ4n) is 1.90. The van der Waals surface area contributed by atoms with Crippen molar-refractivity contribution < 1.29 is 23.9 Å². The van der Waals surface area contributed by atoms with Gasteiger partial charge in [0.1, 0.15) is 0 Å². The second-order valence-electron chi connectivity index (χ2n) is 5.22. The summed E-state index contributed by atoms with van der Waals surface area (Å²) in [5.41, 5.74) is 8.09. The predicted molar refractivity (Wildman–Crippen MR) is 90.5 cm³/mol. The zero-order chi connectivity index (χ0) is 18.9. The SMILES string of the molecule is C#CCOC(=O)N[C@H](CCCCCC(=O)OCCCN=[N+]=[N-])C(C)=O. The molecule has 138 valence electrons. The predicted octanol–water partition coefficient (Wildman–Crippen LogP) is 2.50. The molecule has 0 saturated heterocycles. The van der Waals surface area contributed by atoms with E-state index in [0.717, 1.165) is 6.42 Å². The van der Waals surface area contributed by atoms with Gasteiger partial charge in [-0.1, -0.05) is 23.9 Å². The lowest BCUT2D eigenvalue weighted by Crippen LogP contribution is -2.40. The summed E-state index contributed by atoms with van der Waals surface area (Å²) >= 11 is 0. The minimum absolute atomic E-state index is 0.151. The van der Waals surface area contributed by atoms with Crippen molar-refractivity contribution in [3.8, 4) is 12.3 Å². The molecule has 9 heteroatoms. The third kappa shape index (κ3) is 13.4. The van der Waals surface area contributed by atoms with Gasteiger partial charge in [-0.15, -0.1) is 6.42 Å². The van der Waals surface area contributed by atoms with E-state index in [-0.39, 0.29) is 31.4 Å². The van der Waals surface area contributed by atoms with Gasteiger partial charge >= 0.3 is 12.1 Å². The highest BCUT2D eigenvalue weighted by molar-refractivity contribution is 5.85. The molecule has 1 atom stereocenters. The quantitative estimate of drug-likeness (QED) is 0.136. The highest BCUT2D eigenvalue weighted by Gasteiger charge is 2.17. The van der Waals surface area contributed by atoms with Gasteiger partial charge in [-0.2, -0.15) is 0 Å². The van der Waals surface area contributed by atoms with Gasteiger partial charge in [0.25, 0.3) is 0 Å². The topological polar surface area (TPSA) is 130 Å². The van der Waals surface area contributed by atoms with Gasteiger partial charge in [-0.25, -0.2) is 4.79 Å². The third-order valence-electron chi connectivity index (χ3n) is 3.17. The summed E-state index contributed by atoms with van der Waals surface area (Å²) in [6.07, 6.45) is 7.52. The molecule has 0 saturated carbocycles. The van der Waals surface area contributed by atoms with Gasteiger partial charge < -0.3 is 14.8 Å². The van der Waals surface area contributed by atoms with Crippen LogP contribution in [-0.2, 0) is 19.1 Å². The first kappa shape index (κ1) is 22.3. The maximum absolute atomic E-state index is 11.5. The van der Waals surface area contributed by atoms with Crippen LogP contribution in [0.1, 0.15) is 45.4 Å². The van der Waals surface area contributed by atoms with Crippen LogP contribution in [0.2, 0.25) is 0 Å². The monoisotopic (exact) mass is 352 g/mol. The molecule has 0 aliphatic rings. The second-order valence-corrected chi connectivity index (χ2v) is 5.22. The Balaban J connectivity index is 3.82. The molecular weight excluding hydrogens is 328 g/mol. The number of nitrogens with zero attached hydrogens (tertiary/aromatic N) is 3. The van der Waals surface area contributed by atoms with Crippen LogP contribution in [0.25, 0.3) is 10.4 Å². The van der Waals surface area contributed by atoms with Crippen LogP contribution >= 0.6 is 0 Å². The Labute approximate surface area is 147 Å². The first-order valence-electron chi connectivity index (χ1n) is 8.05. The largest absolute Gasteiger partial charge is 0.466 e. The van der Waals surface area contributed by atoms with E-state index < -0.39 is 12.1 Å². The third-order valence-corrected chi connectivity index (χ3v) is 3.17. The number of alkyl carbamates (subject to hydrolysis) is 1. The van der Waals surface area contributed by atoms with Crippen LogP contribution in [-0.4, -0.2) is 43.6 Å². The van der Waals surface area contributed by atoms with E-state index in [1.54, 1.807) is 0 Å². The smallest absolute Gasteiger partial charge is 0.408 e. The standard InChI is InChI=1S/C16H24N4O5/c1-3-11-25-16(23)19-14(13(2)21)8-5-4-6-9-15(22)24-12-7-10-18-20-17/h1,14H,4-12H2,2H3,(H,19,23)/t14-/m1/s1. The zero-order valence-electron chi connectivity index (χ0n) is 14.4. The van der Waals surface area contributed by atoms with E-state index in [1.165, 1.54) is 6.92 Å². The molecule has 0 rings (SSSR count). The van der Waals surface area contributed by atoms with Gasteiger partial charge in [0, 0.05) is 17.9 Å². The lowest BCUT2D eigenvalue weighted by atomic mass is 10.0. The number of ether oxygens (including phenoxy) is 2. The molecule has 9 nitrogen and oxygen atoms in total. The number of hydrogen-bond acceptors (Lipinski definition) is 6. The van der Waals surface area contributed by atoms with Crippen LogP contribution in [0, 0.1) is 12.3 Å². The number of esters is 1. The fraction of sp³-hybridized carbons (Fsp3) is 0.688. The molecule has 0 aliphatic carbocycles. The first-order chi connectivity index (χ1) is 12.0. The van der Waals surface area contributed by atoms with E-state index in [1.807, 2.05) is 0 Å². The Hall–Kier alpha value is -2.72. The summed E-state index contributed by atoms with van der Waals surface area (Å²) in [7, 11) is 0. The summed E-state index contributed by atoms with van der Waals surface area (Å²) < 4.78 is 9.65. The summed E-state index contributed by atoms with van der Waals surface area (Å²) in [6.45, 7) is 1.77. The van der Waals surface area contributed by atoms with Gasteiger partial charge in [-0.05, 0) is 31.7 Å². The van der Waals surface area contributed by atoms with Crippen molar-refractivity contribution in [3.05, 3.63) is 10.4 Å². The van der Waals surface area contributed by atoms with E-state index >= 15 is 0 Å². The fourth-order valence-corrected chi connectivity index (χ4v) is 1.90. The summed E-state index contributed by atoms with van der Waals surface area (Å²) in [5.74, 6) is 1.69. The Morgan fingerprint density at radius 3 is 2.64 bits per heavy atom. The number of rotatable bonds is 13. The van der Waals surface area contributed by atoms with Crippen LogP contribution in [0.3, 0.4) is 0 Å². The van der Waals surface area contributed by atoms with E-state index in [9.17, 15) is 14.4 Å². The van der Waals surface area contributed by atoms with Gasteiger partial charge in [-0.3, -0.25) is 9.59 Å². The normalized spacial score (nSPS) is 10.7. The molecule has 0 heterocycles. The molecule has 0 aromatic rings. The summed E-state index contributed by atoms with van der Waals surface area (Å²) in [5, 5.41) is 5.80. The lowest BCUT2D eigenvalue weighted by molar-refractivity contribution is -0.143. The van der Waals surface area contributed by atoms with E-state index in [4.69, 9.17) is 16.7 Å². The molecule has 0 bridgehead atoms. The highest BCUT2D eigenvalue weighted by Crippen LogP contribution is 2.08. The molecule has 0 unspecified atom stereocenters. The van der Waals surface area contributed by atoms with Crippen LogP contribution in [0.15, 0.2) is 5.11 Å². The van der Waals surface area contributed by atoms with Crippen molar-refractivity contribution in [2.45, 2.75) is 51.5 Å². The molecule has 1 N–H and O–H groups in total. The summed E-state index contributed by atoms with van der Waals surface area (Å²) in [6, 6.07) is -0.627. The number of hydrogen-bond donors (Lipinski definition) is 1. The van der Waals surface area contributed by atoms with Gasteiger partial charge in [0.15, 0.2) is 12.4 Å². The molecule has 0 aromatic carbocycles. The molecule has 0 spiro atoms. The first-order valence-corrected chi connectivity index (χ1v) is 8.05. The maximum Gasteiger partial charge on any atom is 0.408 e. The molecule has 0 radical (unpaired) electrons. The summed E-state index contributed by atoms with van der Waals surface area (Å²) in [4.78, 5) is 37.0.